The maximum Gasteiger partial charge on any atom is 0.122 e. The highest BCUT2D eigenvalue weighted by Gasteiger charge is 2.14. The number of rotatable bonds is 6. The van der Waals surface area contributed by atoms with Crippen molar-refractivity contribution in [2.24, 2.45) is 5.84 Å². The lowest BCUT2D eigenvalue weighted by Gasteiger charge is -2.18. The zero-order valence-electron chi connectivity index (χ0n) is 12.0. The van der Waals surface area contributed by atoms with E-state index in [1.165, 1.54) is 0 Å². The van der Waals surface area contributed by atoms with Crippen LogP contribution in [0, 0.1) is 0 Å². The van der Waals surface area contributed by atoms with Crippen LogP contribution in [0.2, 0.25) is 0 Å². The van der Waals surface area contributed by atoms with Crippen LogP contribution in [0.25, 0.3) is 0 Å². The van der Waals surface area contributed by atoms with Gasteiger partial charge < -0.3 is 9.47 Å². The number of benzene rings is 1. The average molecular weight is 352 g/mol. The summed E-state index contributed by atoms with van der Waals surface area (Å²) in [7, 11) is 3.25. The van der Waals surface area contributed by atoms with Gasteiger partial charge in [-0.15, -0.1) is 0 Å². The fourth-order valence-electron chi connectivity index (χ4n) is 2.11. The molecule has 2 aromatic rings. The van der Waals surface area contributed by atoms with Crippen molar-refractivity contribution in [2.45, 2.75) is 12.5 Å². The van der Waals surface area contributed by atoms with Crippen molar-refractivity contribution in [3.05, 3.63) is 52.3 Å². The molecule has 112 valence electrons. The van der Waals surface area contributed by atoms with Crippen LogP contribution in [0.4, 0.5) is 0 Å². The molecule has 0 aliphatic carbocycles. The monoisotopic (exact) mass is 351 g/mol. The van der Waals surface area contributed by atoms with E-state index in [4.69, 9.17) is 15.3 Å². The van der Waals surface area contributed by atoms with E-state index in [0.29, 0.717) is 6.42 Å². The molecule has 1 aromatic carbocycles. The SMILES string of the molecule is COc1cc(OC)cc(C(Cc2cncc(Br)c2)NN)c1. The standard InChI is InChI=1S/C15H18BrN3O2/c1-20-13-5-11(6-14(7-13)21-2)15(19-17)4-10-3-12(16)9-18-8-10/h3,5-9,15,19H,4,17H2,1-2H3. The third-order valence-corrected chi connectivity index (χ3v) is 3.61. The van der Waals surface area contributed by atoms with Crippen LogP contribution in [0.15, 0.2) is 41.1 Å². The third kappa shape index (κ3) is 4.17. The molecule has 0 saturated carbocycles. The lowest BCUT2D eigenvalue weighted by molar-refractivity contribution is 0.391. The Morgan fingerprint density at radius 1 is 1.14 bits per heavy atom. The number of methoxy groups -OCH3 is 2. The third-order valence-electron chi connectivity index (χ3n) is 3.18. The van der Waals surface area contributed by atoms with Gasteiger partial charge in [-0.25, -0.2) is 0 Å². The van der Waals surface area contributed by atoms with Crippen LogP contribution in [0.5, 0.6) is 11.5 Å². The van der Waals surface area contributed by atoms with Gasteiger partial charge in [-0.2, -0.15) is 0 Å². The molecule has 0 spiro atoms. The Morgan fingerprint density at radius 2 is 1.81 bits per heavy atom. The first kappa shape index (κ1) is 15.8. The van der Waals surface area contributed by atoms with Crippen molar-refractivity contribution in [1.82, 2.24) is 10.4 Å². The van der Waals surface area contributed by atoms with E-state index in [1.54, 1.807) is 20.4 Å². The number of aromatic nitrogens is 1. The highest BCUT2D eigenvalue weighted by Crippen LogP contribution is 2.28. The summed E-state index contributed by atoms with van der Waals surface area (Å²) in [6.07, 6.45) is 4.29. The molecule has 5 nitrogen and oxygen atoms in total. The second-order valence-corrected chi connectivity index (χ2v) is 5.50. The van der Waals surface area contributed by atoms with Crippen LogP contribution in [-0.2, 0) is 6.42 Å². The largest absolute Gasteiger partial charge is 0.497 e. The van der Waals surface area contributed by atoms with E-state index in [9.17, 15) is 0 Å². The molecule has 2 rings (SSSR count). The Labute approximate surface area is 132 Å². The van der Waals surface area contributed by atoms with Crippen molar-refractivity contribution in [1.29, 1.82) is 0 Å². The lowest BCUT2D eigenvalue weighted by Crippen LogP contribution is -2.29. The molecule has 0 aliphatic rings. The van der Waals surface area contributed by atoms with Gasteiger partial charge in [0.1, 0.15) is 11.5 Å². The predicted molar refractivity (Wildman–Crippen MR) is 85.3 cm³/mol. The number of nitrogens with two attached hydrogens (primary N) is 1. The van der Waals surface area contributed by atoms with Gasteiger partial charge in [0, 0.05) is 22.9 Å². The summed E-state index contributed by atoms with van der Waals surface area (Å²) in [4.78, 5) is 4.17. The van der Waals surface area contributed by atoms with E-state index in [2.05, 4.69) is 26.3 Å². The van der Waals surface area contributed by atoms with Gasteiger partial charge in [0.15, 0.2) is 0 Å². The van der Waals surface area contributed by atoms with E-state index < -0.39 is 0 Å². The van der Waals surface area contributed by atoms with E-state index in [1.807, 2.05) is 30.5 Å². The van der Waals surface area contributed by atoms with Gasteiger partial charge >= 0.3 is 0 Å². The molecule has 0 aliphatic heterocycles. The second-order valence-electron chi connectivity index (χ2n) is 4.58. The molecule has 3 N–H and O–H groups in total. The maximum atomic E-state index is 5.71. The number of hydrogen-bond donors (Lipinski definition) is 2. The van der Waals surface area contributed by atoms with Crippen molar-refractivity contribution in [3.63, 3.8) is 0 Å². The van der Waals surface area contributed by atoms with E-state index in [-0.39, 0.29) is 6.04 Å². The van der Waals surface area contributed by atoms with Crippen LogP contribution in [0.3, 0.4) is 0 Å². The highest BCUT2D eigenvalue weighted by atomic mass is 79.9. The number of pyridine rings is 1. The number of nitrogens with one attached hydrogen (secondary N) is 1. The van der Waals surface area contributed by atoms with Crippen LogP contribution in [-0.4, -0.2) is 19.2 Å². The van der Waals surface area contributed by atoms with Crippen LogP contribution in [0.1, 0.15) is 17.2 Å². The smallest absolute Gasteiger partial charge is 0.122 e. The Bertz CT molecular complexity index is 585. The molecular formula is C15H18BrN3O2. The van der Waals surface area contributed by atoms with Gasteiger partial charge in [0.2, 0.25) is 0 Å². The molecule has 0 radical (unpaired) electrons. The van der Waals surface area contributed by atoms with Gasteiger partial charge in [0.25, 0.3) is 0 Å². The molecule has 1 atom stereocenters. The fraction of sp³-hybridized carbons (Fsp3) is 0.267. The maximum absolute atomic E-state index is 5.71. The average Bonchev–Trinajstić information content (AvgIpc) is 2.52. The molecule has 0 bridgehead atoms. The molecule has 1 unspecified atom stereocenters. The normalized spacial score (nSPS) is 12.0. The molecule has 1 aromatic heterocycles. The Hall–Kier alpha value is -1.63. The van der Waals surface area contributed by atoms with E-state index in [0.717, 1.165) is 27.1 Å². The van der Waals surface area contributed by atoms with E-state index >= 15 is 0 Å². The minimum Gasteiger partial charge on any atom is -0.497 e. The van der Waals surface area contributed by atoms with Gasteiger partial charge in [-0.1, -0.05) is 0 Å². The summed E-state index contributed by atoms with van der Waals surface area (Å²) in [5.41, 5.74) is 4.91. The first-order valence-corrected chi connectivity index (χ1v) is 7.24. The Balaban J connectivity index is 2.28. The minimum atomic E-state index is -0.0647. The summed E-state index contributed by atoms with van der Waals surface area (Å²) in [5, 5.41) is 0. The molecule has 1 heterocycles. The predicted octanol–water partition coefficient (Wildman–Crippen LogP) is 2.61. The van der Waals surface area contributed by atoms with Crippen LogP contribution >= 0.6 is 15.9 Å². The number of nitrogens with zero attached hydrogens (tertiary/aromatic N) is 1. The van der Waals surface area contributed by atoms with Gasteiger partial charge in [-0.3, -0.25) is 16.3 Å². The first-order chi connectivity index (χ1) is 10.2. The molecule has 0 saturated heterocycles. The highest BCUT2D eigenvalue weighted by molar-refractivity contribution is 9.10. The molecule has 21 heavy (non-hydrogen) atoms. The van der Waals surface area contributed by atoms with Gasteiger partial charge in [0.05, 0.1) is 20.3 Å². The molecule has 6 heteroatoms. The summed E-state index contributed by atoms with van der Waals surface area (Å²) in [6.45, 7) is 0. The Kier molecular flexibility index (Phi) is 5.55. The molecular weight excluding hydrogens is 334 g/mol. The summed E-state index contributed by atoms with van der Waals surface area (Å²) in [6, 6.07) is 7.67. The topological polar surface area (TPSA) is 69.4 Å². The van der Waals surface area contributed by atoms with Crippen molar-refractivity contribution < 1.29 is 9.47 Å². The van der Waals surface area contributed by atoms with Crippen molar-refractivity contribution >= 4 is 15.9 Å². The van der Waals surface area contributed by atoms with Crippen LogP contribution < -0.4 is 20.7 Å². The van der Waals surface area contributed by atoms with Crippen molar-refractivity contribution in [2.75, 3.05) is 14.2 Å². The first-order valence-electron chi connectivity index (χ1n) is 6.44. The number of halogens is 1. The zero-order chi connectivity index (χ0) is 15.2. The second kappa shape index (κ2) is 7.40. The number of hydrogen-bond acceptors (Lipinski definition) is 5. The fourth-order valence-corrected chi connectivity index (χ4v) is 2.52. The van der Waals surface area contributed by atoms with Gasteiger partial charge in [-0.05, 0) is 51.7 Å². The number of ether oxygens (including phenoxy) is 2. The zero-order valence-corrected chi connectivity index (χ0v) is 13.6. The summed E-state index contributed by atoms with van der Waals surface area (Å²) < 4.78 is 11.5. The lowest BCUT2D eigenvalue weighted by atomic mass is 10.00. The number of hydrazine groups is 1. The van der Waals surface area contributed by atoms with Crippen molar-refractivity contribution in [3.8, 4) is 11.5 Å². The Morgan fingerprint density at radius 3 is 2.33 bits per heavy atom. The minimum absolute atomic E-state index is 0.0647. The summed E-state index contributed by atoms with van der Waals surface area (Å²) in [5.74, 6) is 7.18. The quantitative estimate of drug-likeness (QED) is 0.618. The molecule has 0 amide bonds. The summed E-state index contributed by atoms with van der Waals surface area (Å²) >= 11 is 3.42. The molecule has 0 fully saturated rings.